The number of fused-ring (bicyclic) bond motifs is 1. The number of hydrogen-bond donors (Lipinski definition) is 0. The second-order valence-electron chi connectivity index (χ2n) is 2.66. The zero-order valence-electron chi connectivity index (χ0n) is 6.78. The fourth-order valence-electron chi connectivity index (χ4n) is 1.06. The van der Waals surface area contributed by atoms with Crippen LogP contribution in [0.1, 0.15) is 5.56 Å². The molecular weight excluding hydrogens is 195 g/mol. The fraction of sp³-hybridized carbons (Fsp3) is 0.125. The summed E-state index contributed by atoms with van der Waals surface area (Å²) >= 11 is 0. The Morgan fingerprint density at radius 2 is 1.86 bits per heavy atom. The van der Waals surface area contributed by atoms with E-state index in [0.717, 1.165) is 18.5 Å². The van der Waals surface area contributed by atoms with E-state index in [4.69, 9.17) is 0 Å². The molecule has 0 unspecified atom stereocenters. The van der Waals surface area contributed by atoms with E-state index in [1.165, 1.54) is 6.07 Å². The Labute approximate surface area is 76.6 Å². The number of halogens is 3. The molecule has 0 spiro atoms. The van der Waals surface area contributed by atoms with Gasteiger partial charge in [-0.3, -0.25) is 0 Å². The zero-order valence-corrected chi connectivity index (χ0v) is 6.78. The van der Waals surface area contributed by atoms with Gasteiger partial charge in [-0.25, -0.2) is 4.98 Å². The van der Waals surface area contributed by atoms with E-state index < -0.39 is 11.7 Å². The molecule has 1 aromatic carbocycles. The molecule has 0 saturated heterocycles. The predicted octanol–water partition coefficient (Wildman–Crippen LogP) is 2.04. The number of hydrogen-bond acceptors (Lipinski definition) is 3. The quantitative estimate of drug-likeness (QED) is 0.651. The lowest BCUT2D eigenvalue weighted by Gasteiger charge is -2.05. The van der Waals surface area contributed by atoms with Gasteiger partial charge in [-0.2, -0.15) is 13.2 Å². The van der Waals surface area contributed by atoms with Crippen molar-refractivity contribution in [3.63, 3.8) is 0 Å². The SMILES string of the molecule is FC(F)(F)c1ccc2nncnc2c1. The molecule has 0 fully saturated rings. The molecule has 2 aromatic rings. The lowest BCUT2D eigenvalue weighted by molar-refractivity contribution is -0.137. The van der Waals surface area contributed by atoms with Crippen LogP contribution in [0.15, 0.2) is 24.5 Å². The summed E-state index contributed by atoms with van der Waals surface area (Å²) in [6.07, 6.45) is -3.23. The van der Waals surface area contributed by atoms with Crippen LogP contribution in [0.2, 0.25) is 0 Å². The number of nitrogens with zero attached hydrogens (tertiary/aromatic N) is 3. The van der Waals surface area contributed by atoms with Gasteiger partial charge < -0.3 is 0 Å². The van der Waals surface area contributed by atoms with Crippen molar-refractivity contribution in [3.05, 3.63) is 30.1 Å². The summed E-state index contributed by atoms with van der Waals surface area (Å²) in [7, 11) is 0. The minimum atomic E-state index is -4.35. The molecule has 0 atom stereocenters. The highest BCUT2D eigenvalue weighted by Crippen LogP contribution is 2.30. The average Bonchev–Trinajstić information content (AvgIpc) is 2.16. The maximum atomic E-state index is 12.3. The smallest absolute Gasteiger partial charge is 0.233 e. The summed E-state index contributed by atoms with van der Waals surface area (Å²) in [6.45, 7) is 0. The van der Waals surface area contributed by atoms with E-state index in [-0.39, 0.29) is 5.52 Å². The van der Waals surface area contributed by atoms with Gasteiger partial charge in [-0.1, -0.05) is 0 Å². The highest BCUT2D eigenvalue weighted by molar-refractivity contribution is 5.73. The molecule has 0 aliphatic heterocycles. The van der Waals surface area contributed by atoms with Gasteiger partial charge in [0.2, 0.25) is 0 Å². The van der Waals surface area contributed by atoms with Crippen molar-refractivity contribution in [3.8, 4) is 0 Å². The molecule has 0 aliphatic carbocycles. The zero-order chi connectivity index (χ0) is 10.2. The predicted molar refractivity (Wildman–Crippen MR) is 42.3 cm³/mol. The topological polar surface area (TPSA) is 38.7 Å². The maximum absolute atomic E-state index is 12.3. The van der Waals surface area contributed by atoms with E-state index in [1.54, 1.807) is 0 Å². The Kier molecular flexibility index (Phi) is 1.83. The van der Waals surface area contributed by atoms with E-state index in [1.807, 2.05) is 0 Å². The van der Waals surface area contributed by atoms with Crippen LogP contribution in [0, 0.1) is 0 Å². The van der Waals surface area contributed by atoms with E-state index in [2.05, 4.69) is 15.2 Å². The molecule has 72 valence electrons. The van der Waals surface area contributed by atoms with Crippen LogP contribution in [0.25, 0.3) is 11.0 Å². The van der Waals surface area contributed by atoms with E-state index >= 15 is 0 Å². The molecule has 1 heterocycles. The van der Waals surface area contributed by atoms with Gasteiger partial charge in [0, 0.05) is 0 Å². The first-order chi connectivity index (χ1) is 6.57. The number of aromatic nitrogens is 3. The van der Waals surface area contributed by atoms with Crippen LogP contribution >= 0.6 is 0 Å². The molecule has 0 aliphatic rings. The molecule has 0 radical (unpaired) electrons. The lowest BCUT2D eigenvalue weighted by Crippen LogP contribution is -2.04. The molecule has 3 nitrogen and oxygen atoms in total. The normalized spacial score (nSPS) is 11.9. The van der Waals surface area contributed by atoms with Crippen molar-refractivity contribution in [1.29, 1.82) is 0 Å². The second-order valence-corrected chi connectivity index (χ2v) is 2.66. The van der Waals surface area contributed by atoms with Crippen molar-refractivity contribution >= 4 is 11.0 Å². The molecule has 0 bridgehead atoms. The van der Waals surface area contributed by atoms with Gasteiger partial charge in [0.25, 0.3) is 0 Å². The minimum Gasteiger partial charge on any atom is -0.233 e. The van der Waals surface area contributed by atoms with Crippen LogP contribution in [0.3, 0.4) is 0 Å². The third-order valence-electron chi connectivity index (χ3n) is 1.72. The van der Waals surface area contributed by atoms with Crippen LogP contribution in [0.4, 0.5) is 13.2 Å². The van der Waals surface area contributed by atoms with Crippen molar-refractivity contribution in [2.45, 2.75) is 6.18 Å². The molecule has 14 heavy (non-hydrogen) atoms. The number of alkyl halides is 3. The Hall–Kier alpha value is -1.72. The molecule has 0 amide bonds. The Morgan fingerprint density at radius 3 is 2.57 bits per heavy atom. The third kappa shape index (κ3) is 1.50. The first-order valence-corrected chi connectivity index (χ1v) is 3.72. The van der Waals surface area contributed by atoms with Gasteiger partial charge in [0.05, 0.1) is 11.1 Å². The first kappa shape index (κ1) is 8.86. The van der Waals surface area contributed by atoms with Crippen LogP contribution < -0.4 is 0 Å². The van der Waals surface area contributed by atoms with Crippen LogP contribution in [-0.2, 0) is 6.18 Å². The minimum absolute atomic E-state index is 0.190. The monoisotopic (exact) mass is 199 g/mol. The van der Waals surface area contributed by atoms with E-state index in [0.29, 0.717) is 5.52 Å². The number of benzene rings is 1. The highest BCUT2D eigenvalue weighted by atomic mass is 19.4. The molecule has 0 saturated carbocycles. The first-order valence-electron chi connectivity index (χ1n) is 3.72. The summed E-state index contributed by atoms with van der Waals surface area (Å²) in [5.74, 6) is 0. The number of rotatable bonds is 0. The van der Waals surface area contributed by atoms with Crippen LogP contribution in [0.5, 0.6) is 0 Å². The van der Waals surface area contributed by atoms with Gasteiger partial charge in [-0.05, 0) is 18.2 Å². The Balaban J connectivity index is 2.63. The molecular formula is C8H4F3N3. The molecule has 6 heteroatoms. The maximum Gasteiger partial charge on any atom is 0.416 e. The summed E-state index contributed by atoms with van der Waals surface area (Å²) < 4.78 is 36.8. The summed E-state index contributed by atoms with van der Waals surface area (Å²) in [5.41, 5.74) is -0.194. The largest absolute Gasteiger partial charge is 0.416 e. The van der Waals surface area contributed by atoms with Crippen LogP contribution in [-0.4, -0.2) is 15.2 Å². The standard InChI is InChI=1S/C8H4F3N3/c9-8(10,11)5-1-2-6-7(3-5)12-4-13-14-6/h1-4H. The molecule has 1 aromatic heterocycles. The van der Waals surface area contributed by atoms with Gasteiger partial charge in [-0.15, -0.1) is 10.2 Å². The average molecular weight is 199 g/mol. The second kappa shape index (κ2) is 2.90. The summed E-state index contributed by atoms with van der Waals surface area (Å²) in [4.78, 5) is 3.68. The fourth-order valence-corrected chi connectivity index (χ4v) is 1.06. The summed E-state index contributed by atoms with van der Waals surface area (Å²) in [5, 5.41) is 7.09. The summed E-state index contributed by atoms with van der Waals surface area (Å²) in [6, 6.07) is 3.15. The molecule has 0 N–H and O–H groups in total. The van der Waals surface area contributed by atoms with Gasteiger partial charge in [0.15, 0.2) is 0 Å². The lowest BCUT2D eigenvalue weighted by atomic mass is 10.2. The van der Waals surface area contributed by atoms with Gasteiger partial charge >= 0.3 is 6.18 Å². The van der Waals surface area contributed by atoms with Gasteiger partial charge in [0.1, 0.15) is 11.8 Å². The Morgan fingerprint density at radius 1 is 1.07 bits per heavy atom. The van der Waals surface area contributed by atoms with E-state index in [9.17, 15) is 13.2 Å². The molecule has 2 rings (SSSR count). The van der Waals surface area contributed by atoms with Crippen molar-refractivity contribution in [2.75, 3.05) is 0 Å². The Bertz CT molecular complexity index is 467. The highest BCUT2D eigenvalue weighted by Gasteiger charge is 2.30. The van der Waals surface area contributed by atoms with Crippen molar-refractivity contribution in [2.24, 2.45) is 0 Å². The third-order valence-corrected chi connectivity index (χ3v) is 1.72. The van der Waals surface area contributed by atoms with Crippen molar-refractivity contribution < 1.29 is 13.2 Å². The van der Waals surface area contributed by atoms with Crippen molar-refractivity contribution in [1.82, 2.24) is 15.2 Å².